The molecule has 2 saturated heterocycles. The predicted molar refractivity (Wildman–Crippen MR) is 184 cm³/mol. The molecule has 2 N–H and O–H groups in total. The van der Waals surface area contributed by atoms with Crippen LogP contribution in [0.5, 0.6) is 0 Å². The second-order valence-electron chi connectivity index (χ2n) is 12.7. The van der Waals surface area contributed by atoms with Gasteiger partial charge in [-0.2, -0.15) is 0 Å². The molecule has 0 aliphatic carbocycles. The van der Waals surface area contributed by atoms with Gasteiger partial charge in [-0.1, -0.05) is 91.0 Å². The molecule has 0 radical (unpaired) electrons. The molecule has 5 rings (SSSR count). The van der Waals surface area contributed by atoms with E-state index >= 15 is 0 Å². The number of ether oxygens (including phenoxy) is 9. The number of rotatable bonds is 16. The Bertz CT molecular complexity index is 1570. The molecule has 53 heavy (non-hydrogen) atoms. The monoisotopic (exact) mass is 738 g/mol. The van der Waals surface area contributed by atoms with E-state index in [1.807, 2.05) is 91.0 Å². The number of hydrogen-bond donors (Lipinski definition) is 2. The predicted octanol–water partition coefficient (Wildman–Crippen LogP) is 2.99. The Morgan fingerprint density at radius 1 is 0.566 bits per heavy atom. The number of carbonyl (C=O) groups is 3. The first-order chi connectivity index (χ1) is 25.6. The van der Waals surface area contributed by atoms with Crippen molar-refractivity contribution in [3.8, 4) is 0 Å². The molecule has 0 bridgehead atoms. The SMILES string of the molecule is CC(=O)OC[C@H]1O[C@@H](O[C@H]2[C@H](OCc3ccccc3)[C@@H](OCc3ccccc3)[C@@H](O)O[C@@H]2COCc2ccccc2)[C@H](O)[C@@H](OC(C)=O)[C@@H]1OC(C)=O. The van der Waals surface area contributed by atoms with Gasteiger partial charge in [-0.05, 0) is 16.7 Å². The molecule has 2 aliphatic heterocycles. The zero-order valence-corrected chi connectivity index (χ0v) is 29.8. The van der Waals surface area contributed by atoms with Crippen molar-refractivity contribution in [1.29, 1.82) is 0 Å². The van der Waals surface area contributed by atoms with Crippen LogP contribution < -0.4 is 0 Å². The van der Waals surface area contributed by atoms with E-state index in [2.05, 4.69) is 0 Å². The van der Waals surface area contributed by atoms with Crippen LogP contribution in [-0.2, 0) is 76.8 Å². The minimum absolute atomic E-state index is 0.0780. The third kappa shape index (κ3) is 11.6. The molecular formula is C39H46O14. The Labute approximate surface area is 307 Å². The molecule has 14 nitrogen and oxygen atoms in total. The molecule has 10 atom stereocenters. The van der Waals surface area contributed by atoms with Crippen LogP contribution in [0.2, 0.25) is 0 Å². The Kier molecular flexibility index (Phi) is 14.9. The van der Waals surface area contributed by atoms with E-state index in [1.165, 1.54) is 6.92 Å². The number of aliphatic hydroxyl groups excluding tert-OH is 2. The normalized spacial score (nSPS) is 28.5. The molecule has 14 heteroatoms. The minimum atomic E-state index is -1.73. The van der Waals surface area contributed by atoms with Crippen LogP contribution >= 0.6 is 0 Å². The Morgan fingerprint density at radius 3 is 1.58 bits per heavy atom. The van der Waals surface area contributed by atoms with E-state index in [0.29, 0.717) is 0 Å². The molecule has 2 aliphatic rings. The molecule has 3 aromatic rings. The summed E-state index contributed by atoms with van der Waals surface area (Å²) in [7, 11) is 0. The maximum absolute atomic E-state index is 12.2. The van der Waals surface area contributed by atoms with Crippen molar-refractivity contribution in [1.82, 2.24) is 0 Å². The molecule has 2 heterocycles. The van der Waals surface area contributed by atoms with E-state index in [0.717, 1.165) is 30.5 Å². The summed E-state index contributed by atoms with van der Waals surface area (Å²) in [6.07, 6.45) is -13.3. The summed E-state index contributed by atoms with van der Waals surface area (Å²) in [5.74, 6) is -2.19. The average Bonchev–Trinajstić information content (AvgIpc) is 3.14. The lowest BCUT2D eigenvalue weighted by atomic mass is 9.96. The van der Waals surface area contributed by atoms with Gasteiger partial charge in [0.25, 0.3) is 0 Å². The molecule has 0 saturated carbocycles. The number of esters is 3. The van der Waals surface area contributed by atoms with Crippen molar-refractivity contribution in [3.05, 3.63) is 108 Å². The summed E-state index contributed by atoms with van der Waals surface area (Å²) in [6.45, 7) is 3.29. The molecule has 3 aromatic carbocycles. The number of hydrogen-bond acceptors (Lipinski definition) is 14. The van der Waals surface area contributed by atoms with E-state index < -0.39 is 85.9 Å². The Balaban J connectivity index is 1.48. The summed E-state index contributed by atoms with van der Waals surface area (Å²) >= 11 is 0. The van der Waals surface area contributed by atoms with Crippen LogP contribution in [0.4, 0.5) is 0 Å². The Morgan fingerprint density at radius 2 is 1.06 bits per heavy atom. The molecule has 0 amide bonds. The van der Waals surface area contributed by atoms with Gasteiger partial charge in [-0.15, -0.1) is 0 Å². The topological polar surface area (TPSA) is 175 Å². The van der Waals surface area contributed by atoms with Crippen LogP contribution in [0, 0.1) is 0 Å². The number of aliphatic hydroxyl groups is 2. The second-order valence-corrected chi connectivity index (χ2v) is 12.7. The van der Waals surface area contributed by atoms with Gasteiger partial charge < -0.3 is 52.8 Å². The number of carbonyl (C=O) groups excluding carboxylic acids is 3. The zero-order chi connectivity index (χ0) is 37.7. The zero-order valence-electron chi connectivity index (χ0n) is 29.8. The quantitative estimate of drug-likeness (QED) is 0.162. The first-order valence-electron chi connectivity index (χ1n) is 17.3. The van der Waals surface area contributed by atoms with Gasteiger partial charge in [0.1, 0.15) is 43.2 Å². The molecular weight excluding hydrogens is 692 g/mol. The van der Waals surface area contributed by atoms with Crippen LogP contribution in [-0.4, -0.2) is 103 Å². The summed E-state index contributed by atoms with van der Waals surface area (Å²) in [5.41, 5.74) is 2.54. The third-order valence-electron chi connectivity index (χ3n) is 8.53. The van der Waals surface area contributed by atoms with Gasteiger partial charge in [0, 0.05) is 20.8 Å². The van der Waals surface area contributed by atoms with Gasteiger partial charge in [0.15, 0.2) is 24.8 Å². The van der Waals surface area contributed by atoms with Crippen LogP contribution in [0.25, 0.3) is 0 Å². The van der Waals surface area contributed by atoms with Crippen LogP contribution in [0.1, 0.15) is 37.5 Å². The maximum atomic E-state index is 12.2. The highest BCUT2D eigenvalue weighted by Gasteiger charge is 2.54. The third-order valence-corrected chi connectivity index (χ3v) is 8.53. The molecule has 0 unspecified atom stereocenters. The van der Waals surface area contributed by atoms with Crippen molar-refractivity contribution in [2.24, 2.45) is 0 Å². The standard InChI is InChI=1S/C39H46O14/c1-24(40)46-23-31-33(49-25(2)41)35(50-26(3)42)32(43)39(52-31)53-34-30(22-45-19-27-13-7-4-8-14-27)51-38(44)37(48-21-29-17-11-6-12-18-29)36(34)47-20-28-15-9-5-10-16-28/h4-18,30-39,43-44H,19-23H2,1-3H3/t30-,31-,32-,33-,34-,35-,36+,37-,38+,39+/m1/s1. The molecule has 0 spiro atoms. The van der Waals surface area contributed by atoms with Crippen molar-refractivity contribution in [2.75, 3.05) is 13.2 Å². The lowest BCUT2D eigenvalue weighted by Crippen LogP contribution is -2.66. The Hall–Kier alpha value is -4.25. The van der Waals surface area contributed by atoms with Crippen LogP contribution in [0.3, 0.4) is 0 Å². The highest BCUT2D eigenvalue weighted by atomic mass is 16.7. The van der Waals surface area contributed by atoms with Crippen LogP contribution in [0.15, 0.2) is 91.0 Å². The number of benzene rings is 3. The summed E-state index contributed by atoms with van der Waals surface area (Å²) in [4.78, 5) is 36.2. The van der Waals surface area contributed by atoms with Gasteiger partial charge in [0.2, 0.25) is 0 Å². The van der Waals surface area contributed by atoms with Gasteiger partial charge >= 0.3 is 17.9 Å². The van der Waals surface area contributed by atoms with Crippen molar-refractivity contribution in [3.63, 3.8) is 0 Å². The first kappa shape index (κ1) is 39.9. The van der Waals surface area contributed by atoms with Crippen molar-refractivity contribution < 1.29 is 67.2 Å². The first-order valence-corrected chi connectivity index (χ1v) is 17.3. The summed E-state index contributed by atoms with van der Waals surface area (Å²) in [5, 5.41) is 23.1. The van der Waals surface area contributed by atoms with E-state index in [4.69, 9.17) is 42.6 Å². The molecule has 2 fully saturated rings. The lowest BCUT2D eigenvalue weighted by molar-refractivity contribution is -0.364. The summed E-state index contributed by atoms with van der Waals surface area (Å²) < 4.78 is 53.6. The second kappa shape index (κ2) is 19.7. The maximum Gasteiger partial charge on any atom is 0.303 e. The smallest absolute Gasteiger partial charge is 0.303 e. The largest absolute Gasteiger partial charge is 0.463 e. The summed E-state index contributed by atoms with van der Waals surface area (Å²) in [6, 6.07) is 28.1. The highest BCUT2D eigenvalue weighted by molar-refractivity contribution is 5.68. The van der Waals surface area contributed by atoms with E-state index in [1.54, 1.807) is 0 Å². The minimum Gasteiger partial charge on any atom is -0.463 e. The van der Waals surface area contributed by atoms with Gasteiger partial charge in [0.05, 0.1) is 26.4 Å². The molecule has 0 aromatic heterocycles. The van der Waals surface area contributed by atoms with Gasteiger partial charge in [-0.3, -0.25) is 14.4 Å². The van der Waals surface area contributed by atoms with E-state index in [9.17, 15) is 24.6 Å². The fourth-order valence-corrected chi connectivity index (χ4v) is 6.12. The fraction of sp³-hybridized carbons (Fsp3) is 0.462. The highest BCUT2D eigenvalue weighted by Crippen LogP contribution is 2.34. The molecule has 286 valence electrons. The lowest BCUT2D eigenvalue weighted by Gasteiger charge is -2.48. The fourth-order valence-electron chi connectivity index (χ4n) is 6.12. The average molecular weight is 739 g/mol. The van der Waals surface area contributed by atoms with E-state index in [-0.39, 0.29) is 26.4 Å². The van der Waals surface area contributed by atoms with Gasteiger partial charge in [-0.25, -0.2) is 0 Å². The van der Waals surface area contributed by atoms with Crippen molar-refractivity contribution in [2.45, 2.75) is 102 Å². The van der Waals surface area contributed by atoms with Crippen molar-refractivity contribution >= 4 is 17.9 Å².